The Bertz CT molecular complexity index is 692. The highest BCUT2D eigenvalue weighted by Gasteiger charge is 2.43. The molecule has 2 fully saturated rings. The molecule has 0 spiro atoms. The number of nitrogens with one attached hydrogen (secondary N) is 1. The Kier molecular flexibility index (Phi) is 3.34. The highest BCUT2D eigenvalue weighted by molar-refractivity contribution is 7.89. The standard InChI is InChI=1S/C13H17NO6S/c1-6-11(13(15)16)12(7(2)19-6)21(17,18)14-9-5-8-3-4-10(9)20-8/h8-10,14H,3-5H2,1-2H3,(H,15,16). The lowest BCUT2D eigenvalue weighted by Crippen LogP contribution is -2.41. The van der Waals surface area contributed by atoms with E-state index in [1.165, 1.54) is 13.8 Å². The summed E-state index contributed by atoms with van der Waals surface area (Å²) in [6.45, 7) is 2.89. The molecular formula is C13H17NO6S. The number of furan rings is 1. The number of fused-ring (bicyclic) bond motifs is 2. The van der Waals surface area contributed by atoms with Crippen LogP contribution in [0.2, 0.25) is 0 Å². The molecule has 1 aromatic rings. The molecule has 8 heteroatoms. The first-order chi connectivity index (χ1) is 9.79. The van der Waals surface area contributed by atoms with Crippen LogP contribution in [0, 0.1) is 13.8 Å². The van der Waals surface area contributed by atoms with E-state index in [9.17, 15) is 18.3 Å². The summed E-state index contributed by atoms with van der Waals surface area (Å²) in [6, 6.07) is -0.301. The lowest BCUT2D eigenvalue weighted by Gasteiger charge is -2.19. The fourth-order valence-electron chi connectivity index (χ4n) is 3.25. The number of hydrogen-bond donors (Lipinski definition) is 2. The maximum absolute atomic E-state index is 12.5. The maximum Gasteiger partial charge on any atom is 0.340 e. The number of carbonyl (C=O) groups is 1. The molecular weight excluding hydrogens is 298 g/mol. The van der Waals surface area contributed by atoms with Crippen LogP contribution >= 0.6 is 0 Å². The smallest absolute Gasteiger partial charge is 0.340 e. The topological polar surface area (TPSA) is 106 Å². The zero-order valence-electron chi connectivity index (χ0n) is 11.8. The molecule has 2 saturated heterocycles. The van der Waals surface area contributed by atoms with E-state index in [0.717, 1.165) is 12.8 Å². The molecule has 3 rings (SSSR count). The normalized spacial score (nSPS) is 28.2. The van der Waals surface area contributed by atoms with Gasteiger partial charge in [0.15, 0.2) is 0 Å². The van der Waals surface area contributed by atoms with Gasteiger partial charge in [-0.2, -0.15) is 0 Å². The van der Waals surface area contributed by atoms with E-state index in [1.807, 2.05) is 0 Å². The molecule has 7 nitrogen and oxygen atoms in total. The first kappa shape index (κ1) is 14.6. The molecule has 3 atom stereocenters. The predicted octanol–water partition coefficient (Wildman–Crippen LogP) is 1.19. The van der Waals surface area contributed by atoms with Gasteiger partial charge in [-0.15, -0.1) is 0 Å². The maximum atomic E-state index is 12.5. The molecule has 3 unspecified atom stereocenters. The van der Waals surface area contributed by atoms with Crippen LogP contribution in [0.4, 0.5) is 0 Å². The number of ether oxygens (including phenoxy) is 1. The van der Waals surface area contributed by atoms with Crippen LogP contribution in [0.1, 0.15) is 41.1 Å². The first-order valence-corrected chi connectivity index (χ1v) is 8.29. The Morgan fingerprint density at radius 1 is 1.29 bits per heavy atom. The summed E-state index contributed by atoms with van der Waals surface area (Å²) in [5.41, 5.74) is -0.302. The quantitative estimate of drug-likeness (QED) is 0.864. The summed E-state index contributed by atoms with van der Waals surface area (Å²) < 4.78 is 38.4. The van der Waals surface area contributed by atoms with Gasteiger partial charge in [0.1, 0.15) is 22.0 Å². The molecule has 0 saturated carbocycles. The summed E-state index contributed by atoms with van der Waals surface area (Å²) in [6.07, 6.45) is 2.39. The number of rotatable bonds is 4. The molecule has 2 aliphatic heterocycles. The van der Waals surface area contributed by atoms with Crippen molar-refractivity contribution >= 4 is 16.0 Å². The van der Waals surface area contributed by atoms with Gasteiger partial charge >= 0.3 is 5.97 Å². The summed E-state index contributed by atoms with van der Waals surface area (Å²) in [4.78, 5) is 11.0. The second-order valence-electron chi connectivity index (χ2n) is 5.56. The molecule has 116 valence electrons. The minimum absolute atomic E-state index is 0.0847. The number of hydrogen-bond acceptors (Lipinski definition) is 5. The van der Waals surface area contributed by atoms with Crippen LogP contribution in [-0.4, -0.2) is 37.7 Å². The van der Waals surface area contributed by atoms with Crippen LogP contribution < -0.4 is 4.72 Å². The van der Waals surface area contributed by atoms with Crippen LogP contribution in [0.25, 0.3) is 0 Å². The van der Waals surface area contributed by atoms with Crippen molar-refractivity contribution in [1.82, 2.24) is 4.72 Å². The van der Waals surface area contributed by atoms with E-state index in [1.54, 1.807) is 0 Å². The second-order valence-corrected chi connectivity index (χ2v) is 7.21. The highest BCUT2D eigenvalue weighted by Crippen LogP contribution is 2.36. The average Bonchev–Trinajstić information content (AvgIpc) is 3.02. The van der Waals surface area contributed by atoms with Gasteiger partial charge in [-0.3, -0.25) is 0 Å². The Balaban J connectivity index is 1.94. The van der Waals surface area contributed by atoms with E-state index < -0.39 is 16.0 Å². The van der Waals surface area contributed by atoms with Crippen LogP contribution in [0.15, 0.2) is 9.31 Å². The van der Waals surface area contributed by atoms with E-state index in [2.05, 4.69) is 4.72 Å². The van der Waals surface area contributed by atoms with Crippen molar-refractivity contribution in [2.45, 2.75) is 56.3 Å². The molecule has 2 N–H and O–H groups in total. The zero-order valence-corrected chi connectivity index (χ0v) is 12.6. The Hall–Kier alpha value is -1.38. The van der Waals surface area contributed by atoms with E-state index in [0.29, 0.717) is 6.42 Å². The van der Waals surface area contributed by atoms with E-state index in [-0.39, 0.29) is 40.2 Å². The van der Waals surface area contributed by atoms with Gasteiger partial charge in [0.2, 0.25) is 10.0 Å². The number of aromatic carboxylic acids is 1. The molecule has 21 heavy (non-hydrogen) atoms. The fraction of sp³-hybridized carbons (Fsp3) is 0.615. The highest BCUT2D eigenvalue weighted by atomic mass is 32.2. The number of carboxylic acid groups (broad SMARTS) is 1. The third-order valence-corrected chi connectivity index (χ3v) is 5.74. The van der Waals surface area contributed by atoms with Crippen molar-refractivity contribution < 1.29 is 27.5 Å². The van der Waals surface area contributed by atoms with Crippen molar-refractivity contribution in [1.29, 1.82) is 0 Å². The van der Waals surface area contributed by atoms with Crippen molar-refractivity contribution in [3.05, 3.63) is 17.1 Å². The minimum atomic E-state index is -3.96. The van der Waals surface area contributed by atoms with Crippen molar-refractivity contribution in [2.24, 2.45) is 0 Å². The van der Waals surface area contributed by atoms with Gasteiger partial charge in [-0.05, 0) is 33.1 Å². The summed E-state index contributed by atoms with van der Waals surface area (Å²) in [7, 11) is -3.96. The summed E-state index contributed by atoms with van der Waals surface area (Å²) >= 11 is 0. The van der Waals surface area contributed by atoms with Gasteiger partial charge in [0.05, 0.1) is 18.2 Å². The fourth-order valence-corrected chi connectivity index (χ4v) is 4.94. The van der Waals surface area contributed by atoms with Crippen molar-refractivity contribution in [3.63, 3.8) is 0 Å². The van der Waals surface area contributed by atoms with E-state index in [4.69, 9.17) is 9.15 Å². The van der Waals surface area contributed by atoms with Gasteiger partial charge in [0, 0.05) is 0 Å². The van der Waals surface area contributed by atoms with Gasteiger partial charge in [-0.25, -0.2) is 17.9 Å². The number of carboxylic acids is 1. The Morgan fingerprint density at radius 3 is 2.52 bits per heavy atom. The number of sulfonamides is 1. The minimum Gasteiger partial charge on any atom is -0.478 e. The third-order valence-electron chi connectivity index (χ3n) is 4.10. The molecule has 1 aromatic heterocycles. The SMILES string of the molecule is Cc1oc(C)c(S(=O)(=O)NC2CC3CCC2O3)c1C(=O)O. The molecule has 0 aliphatic carbocycles. The zero-order chi connectivity index (χ0) is 15.4. The summed E-state index contributed by atoms with van der Waals surface area (Å²) in [5.74, 6) is -1.14. The molecule has 3 heterocycles. The largest absolute Gasteiger partial charge is 0.478 e. The predicted molar refractivity (Wildman–Crippen MR) is 71.8 cm³/mol. The lowest BCUT2D eigenvalue weighted by molar-refractivity contribution is 0.0691. The summed E-state index contributed by atoms with van der Waals surface area (Å²) in [5, 5.41) is 9.21. The molecule has 0 amide bonds. The lowest BCUT2D eigenvalue weighted by atomic mass is 9.96. The van der Waals surface area contributed by atoms with Gasteiger partial charge in [0.25, 0.3) is 0 Å². The van der Waals surface area contributed by atoms with Gasteiger partial charge in [-0.1, -0.05) is 0 Å². The average molecular weight is 315 g/mol. The number of aryl methyl sites for hydroxylation is 2. The van der Waals surface area contributed by atoms with Crippen LogP contribution in [0.5, 0.6) is 0 Å². The Labute approximate surface area is 122 Å². The molecule has 2 bridgehead atoms. The van der Waals surface area contributed by atoms with Crippen molar-refractivity contribution in [2.75, 3.05) is 0 Å². The second kappa shape index (κ2) is 4.82. The van der Waals surface area contributed by atoms with Crippen LogP contribution in [0.3, 0.4) is 0 Å². The van der Waals surface area contributed by atoms with Crippen molar-refractivity contribution in [3.8, 4) is 0 Å². The van der Waals surface area contributed by atoms with Crippen LogP contribution in [-0.2, 0) is 14.8 Å². The molecule has 0 radical (unpaired) electrons. The Morgan fingerprint density at radius 2 is 2.00 bits per heavy atom. The monoisotopic (exact) mass is 315 g/mol. The van der Waals surface area contributed by atoms with E-state index >= 15 is 0 Å². The van der Waals surface area contributed by atoms with Gasteiger partial charge < -0.3 is 14.3 Å². The molecule has 0 aromatic carbocycles. The third kappa shape index (κ3) is 2.37. The molecule has 2 aliphatic rings. The first-order valence-electron chi connectivity index (χ1n) is 6.80.